The number of carbonyl (C=O) groups excluding carboxylic acids is 1. The van der Waals surface area contributed by atoms with Crippen LogP contribution in [0, 0.1) is 0 Å². The Kier molecular flexibility index (Phi) is 3.72. The van der Waals surface area contributed by atoms with Crippen LogP contribution in [0.15, 0.2) is 53.0 Å². The maximum Gasteiger partial charge on any atom is 0.336 e. The Morgan fingerprint density at radius 1 is 1.19 bits per heavy atom. The number of ether oxygens (including phenoxy) is 1. The normalized spacial score (nSPS) is 19.9. The van der Waals surface area contributed by atoms with Gasteiger partial charge in [-0.05, 0) is 48.2 Å². The van der Waals surface area contributed by atoms with Gasteiger partial charge in [0.15, 0.2) is 5.54 Å². The fraction of sp³-hybridized carbons (Fsp3) is 0.235. The lowest BCUT2D eigenvalue weighted by atomic mass is 9.91. The smallest absolute Gasteiger partial charge is 0.336 e. The van der Waals surface area contributed by atoms with Crippen molar-refractivity contribution in [2.24, 2.45) is 0 Å². The number of methoxy groups -OCH3 is 1. The van der Waals surface area contributed by atoms with Gasteiger partial charge < -0.3 is 10.1 Å². The van der Waals surface area contributed by atoms with Crippen molar-refractivity contribution in [1.29, 1.82) is 0 Å². The highest BCUT2D eigenvalue weighted by molar-refractivity contribution is 9.10. The standard InChI is InChI=1S/C17H16BrNO2/c1-21-16(20)17(19-14-8-6-13(18)7-9-14)11-10-12-4-2-3-5-15(12)17/h2-9,19H,10-11H2,1H3. The molecule has 2 aromatic rings. The van der Waals surface area contributed by atoms with Crippen molar-refractivity contribution in [3.8, 4) is 0 Å². The van der Waals surface area contributed by atoms with Crippen molar-refractivity contribution in [3.63, 3.8) is 0 Å². The highest BCUT2D eigenvalue weighted by Gasteiger charge is 2.46. The molecule has 1 N–H and O–H groups in total. The van der Waals surface area contributed by atoms with Crippen LogP contribution in [0.25, 0.3) is 0 Å². The number of fused-ring (bicyclic) bond motifs is 1. The Bertz CT molecular complexity index is 669. The number of carbonyl (C=O) groups is 1. The molecule has 1 aliphatic carbocycles. The first kappa shape index (κ1) is 14.1. The van der Waals surface area contributed by atoms with E-state index in [2.05, 4.69) is 27.3 Å². The van der Waals surface area contributed by atoms with Gasteiger partial charge in [0, 0.05) is 10.2 Å². The van der Waals surface area contributed by atoms with Crippen LogP contribution in [0.3, 0.4) is 0 Å². The first-order valence-corrected chi connectivity index (χ1v) is 7.65. The monoisotopic (exact) mass is 345 g/mol. The summed E-state index contributed by atoms with van der Waals surface area (Å²) >= 11 is 3.42. The molecule has 4 heteroatoms. The molecule has 0 saturated carbocycles. The summed E-state index contributed by atoms with van der Waals surface area (Å²) in [7, 11) is 1.44. The summed E-state index contributed by atoms with van der Waals surface area (Å²) in [6.07, 6.45) is 1.57. The largest absolute Gasteiger partial charge is 0.467 e. The van der Waals surface area contributed by atoms with Crippen LogP contribution in [0.4, 0.5) is 5.69 Å². The summed E-state index contributed by atoms with van der Waals surface area (Å²) in [6.45, 7) is 0. The molecule has 21 heavy (non-hydrogen) atoms. The molecule has 0 amide bonds. The number of hydrogen-bond donors (Lipinski definition) is 1. The quantitative estimate of drug-likeness (QED) is 0.858. The Morgan fingerprint density at radius 3 is 2.62 bits per heavy atom. The van der Waals surface area contributed by atoms with Crippen LogP contribution < -0.4 is 5.32 Å². The fourth-order valence-corrected chi connectivity index (χ4v) is 3.22. The highest BCUT2D eigenvalue weighted by atomic mass is 79.9. The molecule has 2 aromatic carbocycles. The van der Waals surface area contributed by atoms with E-state index < -0.39 is 5.54 Å². The first-order chi connectivity index (χ1) is 10.2. The predicted octanol–water partition coefficient (Wildman–Crippen LogP) is 3.88. The van der Waals surface area contributed by atoms with Crippen molar-refractivity contribution in [2.75, 3.05) is 12.4 Å². The molecule has 0 aromatic heterocycles. The van der Waals surface area contributed by atoms with Crippen LogP contribution in [0.2, 0.25) is 0 Å². The van der Waals surface area contributed by atoms with E-state index in [4.69, 9.17) is 4.74 Å². The van der Waals surface area contributed by atoms with Gasteiger partial charge in [-0.25, -0.2) is 4.79 Å². The number of benzene rings is 2. The molecule has 1 unspecified atom stereocenters. The molecule has 0 aliphatic heterocycles. The summed E-state index contributed by atoms with van der Waals surface area (Å²) in [5.41, 5.74) is 2.33. The molecule has 0 saturated heterocycles. The molecule has 1 atom stereocenters. The Labute approximate surface area is 132 Å². The van der Waals surface area contributed by atoms with Crippen LogP contribution in [0.5, 0.6) is 0 Å². The topological polar surface area (TPSA) is 38.3 Å². The Hall–Kier alpha value is -1.81. The zero-order valence-electron chi connectivity index (χ0n) is 11.7. The zero-order chi connectivity index (χ0) is 14.9. The van der Waals surface area contributed by atoms with Crippen molar-refractivity contribution < 1.29 is 9.53 Å². The second-order valence-corrected chi connectivity index (χ2v) is 6.10. The number of rotatable bonds is 3. The van der Waals surface area contributed by atoms with Crippen LogP contribution in [0.1, 0.15) is 17.5 Å². The predicted molar refractivity (Wildman–Crippen MR) is 86.2 cm³/mol. The van der Waals surface area contributed by atoms with Gasteiger partial charge in [-0.15, -0.1) is 0 Å². The van der Waals surface area contributed by atoms with Gasteiger partial charge in [0.2, 0.25) is 0 Å². The summed E-state index contributed by atoms with van der Waals surface area (Å²) < 4.78 is 6.09. The Morgan fingerprint density at radius 2 is 1.90 bits per heavy atom. The van der Waals surface area contributed by atoms with E-state index in [9.17, 15) is 4.79 Å². The third kappa shape index (κ3) is 2.44. The molecule has 0 heterocycles. The van der Waals surface area contributed by atoms with E-state index >= 15 is 0 Å². The molecule has 108 valence electrons. The van der Waals surface area contributed by atoms with Gasteiger partial charge in [0.1, 0.15) is 0 Å². The lowest BCUT2D eigenvalue weighted by Gasteiger charge is -2.30. The number of aryl methyl sites for hydroxylation is 1. The van der Waals surface area contributed by atoms with Crippen molar-refractivity contribution >= 4 is 27.6 Å². The number of halogens is 1. The molecular formula is C17H16BrNO2. The van der Waals surface area contributed by atoms with Gasteiger partial charge in [-0.1, -0.05) is 40.2 Å². The first-order valence-electron chi connectivity index (χ1n) is 6.86. The van der Waals surface area contributed by atoms with Crippen molar-refractivity contribution in [3.05, 3.63) is 64.1 Å². The average Bonchev–Trinajstić information content (AvgIpc) is 2.89. The highest BCUT2D eigenvalue weighted by Crippen LogP contribution is 2.40. The van der Waals surface area contributed by atoms with Crippen LogP contribution >= 0.6 is 15.9 Å². The van der Waals surface area contributed by atoms with E-state index in [1.54, 1.807) is 0 Å². The van der Waals surface area contributed by atoms with E-state index in [1.807, 2.05) is 42.5 Å². The Balaban J connectivity index is 2.03. The maximum absolute atomic E-state index is 12.5. The molecule has 0 fully saturated rings. The lowest BCUT2D eigenvalue weighted by Crippen LogP contribution is -2.42. The van der Waals surface area contributed by atoms with E-state index in [1.165, 1.54) is 12.7 Å². The average molecular weight is 346 g/mol. The number of nitrogens with one attached hydrogen (secondary N) is 1. The van der Waals surface area contributed by atoms with E-state index in [0.717, 1.165) is 22.1 Å². The molecule has 0 bridgehead atoms. The summed E-state index contributed by atoms with van der Waals surface area (Å²) in [6, 6.07) is 15.9. The van der Waals surface area contributed by atoms with Crippen LogP contribution in [-0.4, -0.2) is 13.1 Å². The number of anilines is 1. The molecule has 3 rings (SSSR count). The molecule has 1 aliphatic rings. The van der Waals surface area contributed by atoms with Gasteiger partial charge in [-0.2, -0.15) is 0 Å². The molecule has 0 radical (unpaired) electrons. The second-order valence-electron chi connectivity index (χ2n) is 5.19. The van der Waals surface area contributed by atoms with E-state index in [-0.39, 0.29) is 5.97 Å². The molecule has 0 spiro atoms. The molecule has 3 nitrogen and oxygen atoms in total. The van der Waals surface area contributed by atoms with Crippen molar-refractivity contribution in [2.45, 2.75) is 18.4 Å². The van der Waals surface area contributed by atoms with Gasteiger partial charge >= 0.3 is 5.97 Å². The minimum Gasteiger partial charge on any atom is -0.467 e. The van der Waals surface area contributed by atoms with E-state index in [0.29, 0.717) is 6.42 Å². The van der Waals surface area contributed by atoms with Gasteiger partial charge in [0.25, 0.3) is 0 Å². The maximum atomic E-state index is 12.5. The van der Waals surface area contributed by atoms with Crippen molar-refractivity contribution in [1.82, 2.24) is 0 Å². The lowest BCUT2D eigenvalue weighted by molar-refractivity contribution is -0.146. The summed E-state index contributed by atoms with van der Waals surface area (Å²) in [5, 5.41) is 3.39. The summed E-state index contributed by atoms with van der Waals surface area (Å²) in [5.74, 6) is -0.240. The SMILES string of the molecule is COC(=O)C1(Nc2ccc(Br)cc2)CCc2ccccc21. The summed E-state index contributed by atoms with van der Waals surface area (Å²) in [4.78, 5) is 12.5. The number of esters is 1. The number of hydrogen-bond acceptors (Lipinski definition) is 3. The zero-order valence-corrected chi connectivity index (χ0v) is 13.3. The second kappa shape index (κ2) is 5.53. The third-order valence-corrected chi connectivity index (χ3v) is 4.51. The minimum absolute atomic E-state index is 0.240. The van der Waals surface area contributed by atoms with Gasteiger partial charge in [0.05, 0.1) is 7.11 Å². The fourth-order valence-electron chi connectivity index (χ4n) is 2.96. The third-order valence-electron chi connectivity index (χ3n) is 3.98. The molecular weight excluding hydrogens is 330 g/mol. The minimum atomic E-state index is -0.792. The van der Waals surface area contributed by atoms with Gasteiger partial charge in [-0.3, -0.25) is 0 Å². The van der Waals surface area contributed by atoms with Crippen LogP contribution in [-0.2, 0) is 21.5 Å².